The molecule has 1 atom stereocenters. The van der Waals surface area contributed by atoms with Gasteiger partial charge in [-0.25, -0.2) is 0 Å². The molecule has 20 heavy (non-hydrogen) atoms. The molecule has 4 heteroatoms. The maximum absolute atomic E-state index is 6.05. The lowest BCUT2D eigenvalue weighted by Crippen LogP contribution is -2.01. The molecule has 0 aliphatic rings. The lowest BCUT2D eigenvalue weighted by molar-refractivity contribution is 0.336. The molecule has 2 aromatic carbocycles. The fourth-order valence-corrected chi connectivity index (χ4v) is 3.08. The molecule has 0 heterocycles. The highest BCUT2D eigenvalue weighted by atomic mass is 79.9. The lowest BCUT2D eigenvalue weighted by atomic mass is 10.0. The smallest absolute Gasteiger partial charge is 0.123 e. The van der Waals surface area contributed by atoms with Gasteiger partial charge in [0.05, 0.1) is 16.7 Å². The normalized spacial score (nSPS) is 12.2. The van der Waals surface area contributed by atoms with E-state index in [1.165, 1.54) is 0 Å². The average Bonchev–Trinajstić information content (AvgIpc) is 2.44. The maximum atomic E-state index is 6.05. The van der Waals surface area contributed by atoms with Crippen LogP contribution in [0.2, 0.25) is 10.0 Å². The molecule has 0 saturated carbocycles. The monoisotopic (exact) mass is 372 g/mol. The summed E-state index contributed by atoms with van der Waals surface area (Å²) in [5.41, 5.74) is 2.27. The first-order valence-corrected chi connectivity index (χ1v) is 8.08. The van der Waals surface area contributed by atoms with Crippen LogP contribution in [0, 0.1) is 0 Å². The number of alkyl halides is 1. The van der Waals surface area contributed by atoms with Gasteiger partial charge in [0.1, 0.15) is 5.75 Å². The first-order valence-electron chi connectivity index (χ1n) is 6.41. The zero-order valence-electron chi connectivity index (χ0n) is 11.1. The number of ether oxygens (including phenoxy) is 1. The number of hydrogen-bond donors (Lipinski definition) is 0. The van der Waals surface area contributed by atoms with Gasteiger partial charge in [-0.3, -0.25) is 0 Å². The van der Waals surface area contributed by atoms with Crippen molar-refractivity contribution in [3.8, 4) is 5.75 Å². The second kappa shape index (κ2) is 7.35. The molecular weight excluding hydrogens is 359 g/mol. The van der Waals surface area contributed by atoms with E-state index in [9.17, 15) is 0 Å². The quantitative estimate of drug-likeness (QED) is 0.577. The van der Waals surface area contributed by atoms with Crippen molar-refractivity contribution in [2.75, 3.05) is 6.61 Å². The predicted octanol–water partition coefficient (Wildman–Crippen LogP) is 6.07. The van der Waals surface area contributed by atoms with Crippen LogP contribution in [-0.4, -0.2) is 6.61 Å². The van der Waals surface area contributed by atoms with E-state index >= 15 is 0 Å². The first kappa shape index (κ1) is 15.7. The van der Waals surface area contributed by atoms with Crippen molar-refractivity contribution in [2.24, 2.45) is 0 Å². The van der Waals surface area contributed by atoms with Crippen molar-refractivity contribution in [2.45, 2.75) is 18.2 Å². The third kappa shape index (κ3) is 3.91. The van der Waals surface area contributed by atoms with Gasteiger partial charge < -0.3 is 4.74 Å². The van der Waals surface area contributed by atoms with Crippen LogP contribution in [0.15, 0.2) is 42.5 Å². The molecule has 1 nitrogen and oxygen atoms in total. The van der Waals surface area contributed by atoms with Gasteiger partial charge in [0.15, 0.2) is 0 Å². The number of hydrogen-bond acceptors (Lipinski definition) is 1. The minimum absolute atomic E-state index is 0.169. The van der Waals surface area contributed by atoms with Gasteiger partial charge in [-0.15, -0.1) is 0 Å². The van der Waals surface area contributed by atoms with Gasteiger partial charge >= 0.3 is 0 Å². The number of halogens is 3. The Labute approximate surface area is 138 Å². The molecule has 2 rings (SSSR count). The molecule has 106 valence electrons. The van der Waals surface area contributed by atoms with Crippen molar-refractivity contribution >= 4 is 39.1 Å². The second-order valence-electron chi connectivity index (χ2n) is 4.39. The summed E-state index contributed by atoms with van der Waals surface area (Å²) in [4.78, 5) is 0.169. The van der Waals surface area contributed by atoms with Crippen LogP contribution in [0.3, 0.4) is 0 Å². The Morgan fingerprint density at radius 2 is 1.85 bits per heavy atom. The summed E-state index contributed by atoms with van der Waals surface area (Å²) in [5.74, 6) is 0.914. The molecule has 1 unspecified atom stereocenters. The summed E-state index contributed by atoms with van der Waals surface area (Å²) in [5, 5.41) is 1.17. The van der Waals surface area contributed by atoms with E-state index in [0.29, 0.717) is 16.7 Å². The molecule has 0 spiro atoms. The minimum Gasteiger partial charge on any atom is -0.494 e. The summed E-state index contributed by atoms with van der Waals surface area (Å²) < 4.78 is 5.66. The fraction of sp³-hybridized carbons (Fsp3) is 0.250. The van der Waals surface area contributed by atoms with Crippen LogP contribution < -0.4 is 4.74 Å². The van der Waals surface area contributed by atoms with Crippen LogP contribution >= 0.6 is 39.1 Å². The zero-order valence-corrected chi connectivity index (χ0v) is 14.2. The second-order valence-corrected chi connectivity index (χ2v) is 6.31. The van der Waals surface area contributed by atoms with Gasteiger partial charge in [-0.2, -0.15) is 0 Å². The molecule has 0 aromatic heterocycles. The Bertz CT molecular complexity index is 586. The van der Waals surface area contributed by atoms with Crippen LogP contribution in [0.1, 0.15) is 22.9 Å². The highest BCUT2D eigenvalue weighted by Gasteiger charge is 2.14. The number of benzene rings is 2. The van der Waals surface area contributed by atoms with Gasteiger partial charge in [-0.1, -0.05) is 63.4 Å². The third-order valence-corrected chi connectivity index (χ3v) is 4.51. The molecule has 0 bridgehead atoms. The molecular formula is C16H15BrCl2O. The van der Waals surface area contributed by atoms with Crippen LogP contribution in [-0.2, 0) is 6.42 Å². The van der Waals surface area contributed by atoms with E-state index in [2.05, 4.69) is 22.0 Å². The zero-order chi connectivity index (χ0) is 14.5. The molecule has 0 fully saturated rings. The van der Waals surface area contributed by atoms with E-state index in [-0.39, 0.29) is 4.83 Å². The van der Waals surface area contributed by atoms with Gasteiger partial charge in [-0.05, 0) is 37.1 Å². The Kier molecular flexibility index (Phi) is 5.76. The summed E-state index contributed by atoms with van der Waals surface area (Å²) in [6.45, 7) is 2.64. The standard InChI is InChI=1S/C16H15BrCl2O/c1-2-20-16-6-4-3-5-12(16)13(17)9-11-7-8-14(18)15(19)10-11/h3-8,10,13H,2,9H2,1H3. The Morgan fingerprint density at radius 1 is 1.10 bits per heavy atom. The summed E-state index contributed by atoms with van der Waals surface area (Å²) >= 11 is 15.7. The van der Waals surface area contributed by atoms with Crippen LogP contribution in [0.25, 0.3) is 0 Å². The topological polar surface area (TPSA) is 9.23 Å². The van der Waals surface area contributed by atoms with Crippen LogP contribution in [0.4, 0.5) is 0 Å². The maximum Gasteiger partial charge on any atom is 0.123 e. The van der Waals surface area contributed by atoms with Crippen molar-refractivity contribution in [3.63, 3.8) is 0 Å². The summed E-state index contributed by atoms with van der Waals surface area (Å²) in [7, 11) is 0. The molecule has 0 amide bonds. The van der Waals surface area contributed by atoms with Crippen molar-refractivity contribution in [1.29, 1.82) is 0 Å². The molecule has 0 radical (unpaired) electrons. The Balaban J connectivity index is 2.19. The molecule has 0 aliphatic heterocycles. The van der Waals surface area contributed by atoms with Gasteiger partial charge in [0.25, 0.3) is 0 Å². The van der Waals surface area contributed by atoms with Crippen molar-refractivity contribution in [3.05, 3.63) is 63.6 Å². The number of rotatable bonds is 5. The molecule has 0 saturated heterocycles. The van der Waals surface area contributed by atoms with E-state index in [1.54, 1.807) is 0 Å². The SMILES string of the molecule is CCOc1ccccc1C(Br)Cc1ccc(Cl)c(Cl)c1. The highest BCUT2D eigenvalue weighted by Crippen LogP contribution is 2.34. The third-order valence-electron chi connectivity index (χ3n) is 2.96. The van der Waals surface area contributed by atoms with Crippen molar-refractivity contribution in [1.82, 2.24) is 0 Å². The largest absolute Gasteiger partial charge is 0.494 e. The average molecular weight is 374 g/mol. The van der Waals surface area contributed by atoms with Gasteiger partial charge in [0, 0.05) is 10.4 Å². The van der Waals surface area contributed by atoms with Crippen molar-refractivity contribution < 1.29 is 4.74 Å². The van der Waals surface area contributed by atoms with E-state index in [1.807, 2.05) is 43.3 Å². The highest BCUT2D eigenvalue weighted by molar-refractivity contribution is 9.09. The lowest BCUT2D eigenvalue weighted by Gasteiger charge is -2.15. The first-order chi connectivity index (χ1) is 9.61. The minimum atomic E-state index is 0.169. The summed E-state index contributed by atoms with van der Waals surface area (Å²) in [6, 6.07) is 13.8. The molecule has 0 aliphatic carbocycles. The van der Waals surface area contributed by atoms with E-state index < -0.39 is 0 Å². The summed E-state index contributed by atoms with van der Waals surface area (Å²) in [6.07, 6.45) is 0.820. The van der Waals surface area contributed by atoms with E-state index in [0.717, 1.165) is 23.3 Å². The van der Waals surface area contributed by atoms with E-state index in [4.69, 9.17) is 27.9 Å². The fourth-order valence-electron chi connectivity index (χ4n) is 2.01. The Morgan fingerprint density at radius 3 is 2.55 bits per heavy atom. The predicted molar refractivity (Wildman–Crippen MR) is 89.4 cm³/mol. The molecule has 0 N–H and O–H groups in total. The molecule has 2 aromatic rings. The van der Waals surface area contributed by atoms with Crippen LogP contribution in [0.5, 0.6) is 5.75 Å². The Hall–Kier alpha value is -0.700. The van der Waals surface area contributed by atoms with Gasteiger partial charge in [0.2, 0.25) is 0 Å². The number of para-hydroxylation sites is 1.